The van der Waals surface area contributed by atoms with E-state index >= 15 is 0 Å². The molecule has 0 bridgehead atoms. The number of hydrogen-bond donors (Lipinski definition) is 1. The van der Waals surface area contributed by atoms with E-state index in [9.17, 15) is 22.4 Å². The number of nitrogens with one attached hydrogen (secondary N) is 1. The summed E-state index contributed by atoms with van der Waals surface area (Å²) in [6.45, 7) is 3.76. The number of halogens is 2. The smallest absolute Gasteiger partial charge is 0.264 e. The third kappa shape index (κ3) is 7.09. The van der Waals surface area contributed by atoms with Gasteiger partial charge in [0.2, 0.25) is 11.8 Å². The van der Waals surface area contributed by atoms with E-state index in [1.807, 2.05) is 6.92 Å². The van der Waals surface area contributed by atoms with Gasteiger partial charge in [-0.1, -0.05) is 36.7 Å². The fourth-order valence-electron chi connectivity index (χ4n) is 4.24. The summed E-state index contributed by atoms with van der Waals surface area (Å²) in [5, 5.41) is 3.17. The van der Waals surface area contributed by atoms with Crippen LogP contribution < -0.4 is 19.1 Å². The van der Waals surface area contributed by atoms with E-state index in [1.165, 1.54) is 35.2 Å². The van der Waals surface area contributed by atoms with E-state index in [2.05, 4.69) is 5.32 Å². The molecular formula is C29H31ClFN3O6S. The summed E-state index contributed by atoms with van der Waals surface area (Å²) in [6, 6.07) is 14.9. The summed E-state index contributed by atoms with van der Waals surface area (Å²) in [5.41, 5.74) is 0.649. The molecule has 1 heterocycles. The van der Waals surface area contributed by atoms with Gasteiger partial charge < -0.3 is 19.7 Å². The predicted octanol–water partition coefficient (Wildman–Crippen LogP) is 4.39. The minimum atomic E-state index is -4.37. The molecule has 0 fully saturated rings. The first kappa shape index (κ1) is 30.1. The van der Waals surface area contributed by atoms with Crippen molar-refractivity contribution in [3.8, 4) is 11.5 Å². The van der Waals surface area contributed by atoms with Crippen molar-refractivity contribution in [1.82, 2.24) is 10.2 Å². The Morgan fingerprint density at radius 2 is 1.71 bits per heavy atom. The number of amides is 2. The molecular weight excluding hydrogens is 573 g/mol. The number of carbonyl (C=O) groups is 2. The molecule has 0 saturated carbocycles. The average Bonchev–Trinajstić information content (AvgIpc) is 2.98. The fourth-order valence-corrected chi connectivity index (χ4v) is 5.86. The zero-order chi connectivity index (χ0) is 29.6. The number of nitrogens with zero attached hydrogens (tertiary/aromatic N) is 2. The van der Waals surface area contributed by atoms with Crippen molar-refractivity contribution >= 4 is 39.1 Å². The van der Waals surface area contributed by atoms with Gasteiger partial charge in [0.15, 0.2) is 11.5 Å². The lowest BCUT2D eigenvalue weighted by atomic mass is 10.1. The highest BCUT2D eigenvalue weighted by Gasteiger charge is 2.33. The summed E-state index contributed by atoms with van der Waals surface area (Å²) in [6.07, 6.45) is 0.697. The summed E-state index contributed by atoms with van der Waals surface area (Å²) < 4.78 is 53.7. The first-order valence-corrected chi connectivity index (χ1v) is 14.9. The summed E-state index contributed by atoms with van der Waals surface area (Å²) in [5.74, 6) is -0.968. The number of benzene rings is 3. The zero-order valence-corrected chi connectivity index (χ0v) is 24.3. The molecule has 2 amide bonds. The molecule has 218 valence electrons. The van der Waals surface area contributed by atoms with E-state index < -0.39 is 40.2 Å². The normalized spacial score (nSPS) is 13.3. The van der Waals surface area contributed by atoms with Crippen LogP contribution in [0.3, 0.4) is 0 Å². The highest BCUT2D eigenvalue weighted by atomic mass is 35.5. The number of anilines is 1. The number of rotatable bonds is 11. The van der Waals surface area contributed by atoms with Crippen LogP contribution in [0.15, 0.2) is 71.6 Å². The molecule has 3 aromatic rings. The van der Waals surface area contributed by atoms with Crippen molar-refractivity contribution in [2.24, 2.45) is 0 Å². The van der Waals surface area contributed by atoms with Gasteiger partial charge in [-0.05, 0) is 61.4 Å². The minimum absolute atomic E-state index is 0.0411. The molecule has 0 aliphatic carbocycles. The molecule has 3 aromatic carbocycles. The lowest BCUT2D eigenvalue weighted by molar-refractivity contribution is -0.139. The van der Waals surface area contributed by atoms with Crippen LogP contribution in [0.25, 0.3) is 0 Å². The Bertz CT molecular complexity index is 1500. The van der Waals surface area contributed by atoms with Gasteiger partial charge in [0, 0.05) is 24.2 Å². The molecule has 0 spiro atoms. The van der Waals surface area contributed by atoms with Crippen molar-refractivity contribution in [2.75, 3.05) is 30.6 Å². The molecule has 4 rings (SSSR count). The van der Waals surface area contributed by atoms with Gasteiger partial charge in [-0.25, -0.2) is 12.8 Å². The van der Waals surface area contributed by atoms with Crippen LogP contribution in [0.5, 0.6) is 11.5 Å². The molecule has 9 nitrogen and oxygen atoms in total. The van der Waals surface area contributed by atoms with Gasteiger partial charge >= 0.3 is 0 Å². The molecule has 1 N–H and O–H groups in total. The third-order valence-corrected chi connectivity index (χ3v) is 8.65. The molecule has 12 heteroatoms. The summed E-state index contributed by atoms with van der Waals surface area (Å²) >= 11 is 6.37. The van der Waals surface area contributed by atoms with Crippen LogP contribution in [-0.2, 0) is 26.2 Å². The van der Waals surface area contributed by atoms with E-state index in [1.54, 1.807) is 31.2 Å². The van der Waals surface area contributed by atoms with Crippen molar-refractivity contribution in [3.63, 3.8) is 0 Å². The minimum Gasteiger partial charge on any atom is -0.486 e. The second-order valence-corrected chi connectivity index (χ2v) is 11.6. The monoisotopic (exact) mass is 603 g/mol. The summed E-state index contributed by atoms with van der Waals surface area (Å²) in [4.78, 5) is 28.0. The van der Waals surface area contributed by atoms with Gasteiger partial charge in [-0.2, -0.15) is 0 Å². The quantitative estimate of drug-likeness (QED) is 0.349. The number of hydrogen-bond acceptors (Lipinski definition) is 6. The number of fused-ring (bicyclic) bond motifs is 1. The van der Waals surface area contributed by atoms with Crippen LogP contribution in [0.1, 0.15) is 25.8 Å². The van der Waals surface area contributed by atoms with E-state index in [-0.39, 0.29) is 29.5 Å². The molecule has 0 aromatic heterocycles. The molecule has 1 atom stereocenters. The number of sulfonamides is 1. The average molecular weight is 604 g/mol. The molecule has 1 aliphatic rings. The van der Waals surface area contributed by atoms with Crippen molar-refractivity contribution < 1.29 is 31.9 Å². The number of ether oxygens (including phenoxy) is 2. The van der Waals surface area contributed by atoms with Crippen molar-refractivity contribution in [1.29, 1.82) is 0 Å². The maximum Gasteiger partial charge on any atom is 0.264 e. The fraction of sp³-hybridized carbons (Fsp3) is 0.310. The Morgan fingerprint density at radius 3 is 2.39 bits per heavy atom. The largest absolute Gasteiger partial charge is 0.486 e. The van der Waals surface area contributed by atoms with Crippen LogP contribution in [0.4, 0.5) is 10.1 Å². The Labute approximate surface area is 243 Å². The topological polar surface area (TPSA) is 105 Å². The van der Waals surface area contributed by atoms with Crippen LogP contribution >= 0.6 is 11.6 Å². The molecule has 0 unspecified atom stereocenters. The second kappa shape index (κ2) is 13.2. The molecule has 0 saturated heterocycles. The lowest BCUT2D eigenvalue weighted by Gasteiger charge is -2.32. The van der Waals surface area contributed by atoms with Crippen LogP contribution in [0, 0.1) is 5.82 Å². The first-order valence-electron chi connectivity index (χ1n) is 13.1. The zero-order valence-electron chi connectivity index (χ0n) is 22.7. The predicted molar refractivity (Wildman–Crippen MR) is 153 cm³/mol. The van der Waals surface area contributed by atoms with Gasteiger partial charge in [-0.15, -0.1) is 0 Å². The Hall–Kier alpha value is -3.83. The van der Waals surface area contributed by atoms with Crippen molar-refractivity contribution in [2.45, 2.75) is 37.8 Å². The molecule has 0 radical (unpaired) electrons. The highest BCUT2D eigenvalue weighted by molar-refractivity contribution is 7.92. The van der Waals surface area contributed by atoms with Gasteiger partial charge in [-0.3, -0.25) is 13.9 Å². The van der Waals surface area contributed by atoms with Gasteiger partial charge in [0.25, 0.3) is 10.0 Å². The van der Waals surface area contributed by atoms with E-state index in [0.29, 0.717) is 35.9 Å². The van der Waals surface area contributed by atoms with Crippen molar-refractivity contribution in [3.05, 3.63) is 83.1 Å². The SMILES string of the molecule is CCCNC(=O)[C@H](C)N(Cc1ccccc1Cl)C(=O)CN(c1ccc(F)cc1)S(=O)(=O)c1ccc2c(c1)OCCO2. The first-order chi connectivity index (χ1) is 19.6. The van der Waals surface area contributed by atoms with Gasteiger partial charge in [0.1, 0.15) is 31.6 Å². The maximum atomic E-state index is 14.0. The Balaban J connectivity index is 1.72. The Kier molecular flexibility index (Phi) is 9.72. The van der Waals surface area contributed by atoms with E-state index in [4.69, 9.17) is 21.1 Å². The standard InChI is InChI=1S/C29H31ClFN3O6S/c1-3-14-32-29(36)20(2)33(18-21-6-4-5-7-25(21)30)28(35)19-34(23-10-8-22(31)9-11-23)41(37,38)24-12-13-26-27(17-24)40-16-15-39-26/h4-13,17,20H,3,14-16,18-19H2,1-2H3,(H,32,36)/t20-/m0/s1. The van der Waals surface area contributed by atoms with E-state index in [0.717, 1.165) is 16.4 Å². The van der Waals surface area contributed by atoms with Gasteiger partial charge in [0.05, 0.1) is 10.6 Å². The summed E-state index contributed by atoms with van der Waals surface area (Å²) in [7, 11) is -4.37. The Morgan fingerprint density at radius 1 is 1.02 bits per heavy atom. The molecule has 1 aliphatic heterocycles. The maximum absolute atomic E-state index is 14.0. The second-order valence-electron chi connectivity index (χ2n) is 9.37. The highest BCUT2D eigenvalue weighted by Crippen LogP contribution is 2.34. The van der Waals surface area contributed by atoms with Crippen LogP contribution in [-0.4, -0.2) is 57.5 Å². The lowest BCUT2D eigenvalue weighted by Crippen LogP contribution is -2.51. The molecule has 41 heavy (non-hydrogen) atoms. The third-order valence-electron chi connectivity index (χ3n) is 6.51. The van der Waals surface area contributed by atoms with Crippen LogP contribution in [0.2, 0.25) is 5.02 Å². The number of carbonyl (C=O) groups excluding carboxylic acids is 2.